The number of carbonyl (C=O) groups excluding carboxylic acids is 2. The number of aromatic nitrogens is 3. The topological polar surface area (TPSA) is 105 Å². The molecule has 1 N–H and O–H groups in total. The van der Waals surface area contributed by atoms with Crippen molar-refractivity contribution in [3.8, 4) is 0 Å². The van der Waals surface area contributed by atoms with Gasteiger partial charge in [0.05, 0.1) is 19.8 Å². The highest BCUT2D eigenvalue weighted by Gasteiger charge is 2.34. The van der Waals surface area contributed by atoms with Gasteiger partial charge in [0.15, 0.2) is 5.82 Å². The molecule has 0 radical (unpaired) electrons. The Bertz CT molecular complexity index is 907. The Balaban J connectivity index is 1.79. The second-order valence-electron chi connectivity index (χ2n) is 8.71. The molecular weight excluding hydrogens is 412 g/mol. The Morgan fingerprint density at radius 2 is 1.97 bits per heavy atom. The highest BCUT2D eigenvalue weighted by atomic mass is 16.6. The van der Waals surface area contributed by atoms with Crippen LogP contribution in [-0.4, -0.2) is 45.6 Å². The summed E-state index contributed by atoms with van der Waals surface area (Å²) in [6.45, 7) is 8.71. The maximum Gasteiger partial charge on any atom is 0.408 e. The van der Waals surface area contributed by atoms with E-state index < -0.39 is 23.7 Å². The standard InChI is InChI=1S/C23H32N4O5/c1-5-31-21(28)17-12-9-13-27-19(17)25-26-20(27)18(24-22(29)32-23(2,3)4)15-30-14-16-10-7-6-8-11-16/h6-8,10-11,17-18H,5,9,12-15H2,1-4H3,(H,24,29)/t17?,18-/m0/s1. The second-order valence-corrected chi connectivity index (χ2v) is 8.71. The van der Waals surface area contributed by atoms with Gasteiger partial charge in [-0.3, -0.25) is 4.79 Å². The van der Waals surface area contributed by atoms with Gasteiger partial charge in [-0.15, -0.1) is 10.2 Å². The molecular formula is C23H32N4O5. The zero-order chi connectivity index (χ0) is 23.1. The quantitative estimate of drug-likeness (QED) is 0.621. The number of carbonyl (C=O) groups is 2. The highest BCUT2D eigenvalue weighted by molar-refractivity contribution is 5.77. The number of alkyl carbamates (subject to hydrolysis) is 1. The summed E-state index contributed by atoms with van der Waals surface area (Å²) in [5.41, 5.74) is 0.382. The SMILES string of the molecule is CCOC(=O)C1CCCn2c1nnc2[C@H](COCc1ccccc1)NC(=O)OC(C)(C)C. The molecule has 1 amide bonds. The molecule has 0 saturated carbocycles. The molecule has 1 aromatic heterocycles. The minimum absolute atomic E-state index is 0.177. The molecule has 174 valence electrons. The number of ether oxygens (including phenoxy) is 3. The van der Waals surface area contributed by atoms with Crippen molar-refractivity contribution in [1.82, 2.24) is 20.1 Å². The van der Waals surface area contributed by atoms with Crippen LogP contribution in [0.5, 0.6) is 0 Å². The molecule has 2 heterocycles. The van der Waals surface area contributed by atoms with Gasteiger partial charge in [0, 0.05) is 6.54 Å². The fraction of sp³-hybridized carbons (Fsp3) is 0.565. The van der Waals surface area contributed by atoms with Crippen molar-refractivity contribution in [3.63, 3.8) is 0 Å². The summed E-state index contributed by atoms with van der Waals surface area (Å²) in [6, 6.07) is 9.19. The molecule has 0 bridgehead atoms. The Kier molecular flexibility index (Phi) is 7.84. The van der Waals surface area contributed by atoms with E-state index in [0.717, 1.165) is 12.0 Å². The van der Waals surface area contributed by atoms with Crippen LogP contribution in [0.15, 0.2) is 30.3 Å². The van der Waals surface area contributed by atoms with Crippen molar-refractivity contribution in [2.24, 2.45) is 0 Å². The third-order valence-corrected chi connectivity index (χ3v) is 4.96. The van der Waals surface area contributed by atoms with Gasteiger partial charge < -0.3 is 24.1 Å². The van der Waals surface area contributed by atoms with Crippen LogP contribution in [0.1, 0.15) is 69.7 Å². The number of amides is 1. The predicted octanol–water partition coefficient (Wildman–Crippen LogP) is 3.50. The van der Waals surface area contributed by atoms with Crippen LogP contribution < -0.4 is 5.32 Å². The van der Waals surface area contributed by atoms with Gasteiger partial charge in [-0.1, -0.05) is 30.3 Å². The lowest BCUT2D eigenvalue weighted by molar-refractivity contribution is -0.145. The first-order valence-electron chi connectivity index (χ1n) is 11.0. The zero-order valence-corrected chi connectivity index (χ0v) is 19.2. The molecule has 1 aromatic carbocycles. The van der Waals surface area contributed by atoms with Crippen LogP contribution in [0.4, 0.5) is 4.79 Å². The summed E-state index contributed by atoms with van der Waals surface area (Å²) in [5.74, 6) is 0.332. The van der Waals surface area contributed by atoms with Gasteiger partial charge in [-0.25, -0.2) is 4.79 Å². The summed E-state index contributed by atoms with van der Waals surface area (Å²) < 4.78 is 18.4. The molecule has 2 aromatic rings. The second kappa shape index (κ2) is 10.6. The van der Waals surface area contributed by atoms with E-state index in [2.05, 4.69) is 15.5 Å². The van der Waals surface area contributed by atoms with Gasteiger partial charge in [0.25, 0.3) is 0 Å². The van der Waals surface area contributed by atoms with E-state index in [9.17, 15) is 9.59 Å². The first kappa shape index (κ1) is 23.7. The Labute approximate surface area is 188 Å². The number of nitrogens with zero attached hydrogens (tertiary/aromatic N) is 3. The highest BCUT2D eigenvalue weighted by Crippen LogP contribution is 2.29. The largest absolute Gasteiger partial charge is 0.465 e. The monoisotopic (exact) mass is 444 g/mol. The Morgan fingerprint density at radius 3 is 2.66 bits per heavy atom. The lowest BCUT2D eigenvalue weighted by Crippen LogP contribution is -2.38. The van der Waals surface area contributed by atoms with Gasteiger partial charge in [-0.05, 0) is 46.1 Å². The van der Waals surface area contributed by atoms with Crippen LogP contribution in [0.3, 0.4) is 0 Å². The summed E-state index contributed by atoms with van der Waals surface area (Å²) in [5, 5.41) is 11.5. The van der Waals surface area contributed by atoms with Crippen molar-refractivity contribution in [2.45, 2.75) is 71.2 Å². The molecule has 9 nitrogen and oxygen atoms in total. The lowest BCUT2D eigenvalue weighted by Gasteiger charge is -2.26. The summed E-state index contributed by atoms with van der Waals surface area (Å²) in [7, 11) is 0. The minimum Gasteiger partial charge on any atom is -0.465 e. The van der Waals surface area contributed by atoms with Gasteiger partial charge in [-0.2, -0.15) is 0 Å². The van der Waals surface area contributed by atoms with Crippen LogP contribution in [0.25, 0.3) is 0 Å². The maximum absolute atomic E-state index is 12.5. The number of hydrogen-bond acceptors (Lipinski definition) is 7. The van der Waals surface area contributed by atoms with E-state index >= 15 is 0 Å². The van der Waals surface area contributed by atoms with E-state index in [1.54, 1.807) is 27.7 Å². The first-order chi connectivity index (χ1) is 15.3. The molecule has 0 saturated heterocycles. The molecule has 1 unspecified atom stereocenters. The van der Waals surface area contributed by atoms with E-state index in [0.29, 0.717) is 37.8 Å². The average molecular weight is 445 g/mol. The fourth-order valence-corrected chi connectivity index (χ4v) is 3.62. The summed E-state index contributed by atoms with van der Waals surface area (Å²) in [4.78, 5) is 24.9. The smallest absolute Gasteiger partial charge is 0.408 e. The Morgan fingerprint density at radius 1 is 1.22 bits per heavy atom. The molecule has 1 aliphatic heterocycles. The van der Waals surface area contributed by atoms with Gasteiger partial charge >= 0.3 is 12.1 Å². The molecule has 3 rings (SSSR count). The number of nitrogens with one attached hydrogen (secondary N) is 1. The molecule has 2 atom stereocenters. The third kappa shape index (κ3) is 6.29. The van der Waals surface area contributed by atoms with Crippen molar-refractivity contribution in [3.05, 3.63) is 47.5 Å². The van der Waals surface area contributed by atoms with E-state index in [1.165, 1.54) is 0 Å². The maximum atomic E-state index is 12.5. The van der Waals surface area contributed by atoms with E-state index in [4.69, 9.17) is 14.2 Å². The van der Waals surface area contributed by atoms with Crippen LogP contribution in [0, 0.1) is 0 Å². The summed E-state index contributed by atoms with van der Waals surface area (Å²) in [6.07, 6.45) is 0.873. The van der Waals surface area contributed by atoms with Crippen molar-refractivity contribution in [1.29, 1.82) is 0 Å². The van der Waals surface area contributed by atoms with Crippen LogP contribution in [0.2, 0.25) is 0 Å². The van der Waals surface area contributed by atoms with E-state index in [-0.39, 0.29) is 12.6 Å². The molecule has 9 heteroatoms. The van der Waals surface area contributed by atoms with Gasteiger partial charge in [0.2, 0.25) is 0 Å². The molecule has 0 spiro atoms. The number of fused-ring (bicyclic) bond motifs is 1. The van der Waals surface area contributed by atoms with Crippen molar-refractivity contribution in [2.75, 3.05) is 13.2 Å². The molecule has 0 fully saturated rings. The molecule has 32 heavy (non-hydrogen) atoms. The van der Waals surface area contributed by atoms with Crippen LogP contribution >= 0.6 is 0 Å². The Hall–Kier alpha value is -2.94. The molecule has 1 aliphatic rings. The van der Waals surface area contributed by atoms with Crippen molar-refractivity contribution < 1.29 is 23.8 Å². The number of rotatable bonds is 8. The molecule has 0 aliphatic carbocycles. The number of hydrogen-bond donors (Lipinski definition) is 1. The fourth-order valence-electron chi connectivity index (χ4n) is 3.62. The number of esters is 1. The van der Waals surface area contributed by atoms with E-state index in [1.807, 2.05) is 34.9 Å². The van der Waals surface area contributed by atoms with Crippen molar-refractivity contribution >= 4 is 12.1 Å². The third-order valence-electron chi connectivity index (χ3n) is 4.96. The first-order valence-corrected chi connectivity index (χ1v) is 11.0. The van der Waals surface area contributed by atoms with Gasteiger partial charge in [0.1, 0.15) is 23.4 Å². The number of benzene rings is 1. The predicted molar refractivity (Wildman–Crippen MR) is 117 cm³/mol. The lowest BCUT2D eigenvalue weighted by atomic mass is 9.99. The van der Waals surface area contributed by atoms with Crippen LogP contribution in [-0.2, 0) is 32.2 Å². The normalized spacial score (nSPS) is 16.7. The minimum atomic E-state index is -0.640. The zero-order valence-electron chi connectivity index (χ0n) is 19.2. The summed E-state index contributed by atoms with van der Waals surface area (Å²) >= 11 is 0. The average Bonchev–Trinajstić information content (AvgIpc) is 3.17.